The lowest BCUT2D eigenvalue weighted by Gasteiger charge is -2.18. The first-order valence-electron chi connectivity index (χ1n) is 9.21. The summed E-state index contributed by atoms with van der Waals surface area (Å²) in [5.41, 5.74) is 1.02. The number of carbonyl (C=O) groups is 1. The van der Waals surface area contributed by atoms with Crippen LogP contribution < -0.4 is 9.46 Å². The zero-order chi connectivity index (χ0) is 23.2. The molecule has 0 radical (unpaired) electrons. The average Bonchev–Trinajstić information content (AvgIpc) is 2.74. The molecule has 4 rings (SSSR count). The third kappa shape index (κ3) is 3.82. The topological polar surface area (TPSA) is 115 Å². The molecular weight excluding hydrogens is 463 g/mol. The van der Waals surface area contributed by atoms with Crippen molar-refractivity contribution in [2.75, 3.05) is 11.8 Å². The molecule has 11 heteroatoms. The Bertz CT molecular complexity index is 1360. The van der Waals surface area contributed by atoms with Crippen molar-refractivity contribution in [2.45, 2.75) is 17.9 Å². The van der Waals surface area contributed by atoms with Crippen molar-refractivity contribution in [3.63, 3.8) is 0 Å². The fraction of sp³-hybridized carbons (Fsp3) is 0.143. The summed E-state index contributed by atoms with van der Waals surface area (Å²) in [6, 6.07) is 7.76. The van der Waals surface area contributed by atoms with Gasteiger partial charge in [0.15, 0.2) is 5.75 Å². The number of sulfonamides is 1. The second kappa shape index (κ2) is 7.95. The van der Waals surface area contributed by atoms with E-state index in [1.54, 1.807) is 6.07 Å². The van der Waals surface area contributed by atoms with Crippen LogP contribution in [0.1, 0.15) is 28.9 Å². The molecule has 1 aromatic heterocycles. The van der Waals surface area contributed by atoms with Crippen LogP contribution in [0.4, 0.5) is 10.1 Å². The van der Waals surface area contributed by atoms with E-state index in [9.17, 15) is 22.7 Å². The number of esters is 1. The molecule has 0 saturated carbocycles. The normalized spacial score (nSPS) is 17.0. The van der Waals surface area contributed by atoms with Gasteiger partial charge in [-0.1, -0.05) is 17.7 Å². The smallest absolute Gasteiger partial charge is 0.338 e. The molecule has 1 unspecified atom stereocenters. The molecule has 0 saturated heterocycles. The molecule has 1 aliphatic rings. The van der Waals surface area contributed by atoms with Gasteiger partial charge in [0.2, 0.25) is 5.95 Å². The number of benzene rings is 2. The first kappa shape index (κ1) is 21.8. The number of rotatable bonds is 1. The van der Waals surface area contributed by atoms with Gasteiger partial charge in [-0.05, 0) is 36.8 Å². The van der Waals surface area contributed by atoms with Crippen LogP contribution in [0.3, 0.4) is 0 Å². The predicted molar refractivity (Wildman–Crippen MR) is 114 cm³/mol. The first-order valence-corrected chi connectivity index (χ1v) is 11.1. The first-order chi connectivity index (χ1) is 15.1. The number of aromatic hydroxyl groups is 1. The lowest BCUT2D eigenvalue weighted by Crippen LogP contribution is -2.15. The fourth-order valence-electron chi connectivity index (χ4n) is 3.37. The molecule has 8 nitrogen and oxygen atoms in total. The Morgan fingerprint density at radius 3 is 2.69 bits per heavy atom. The quantitative estimate of drug-likeness (QED) is 0.396. The molecule has 166 valence electrons. The van der Waals surface area contributed by atoms with E-state index in [1.807, 2.05) is 0 Å². The molecule has 3 aromatic rings. The van der Waals surface area contributed by atoms with Crippen molar-refractivity contribution in [1.29, 1.82) is 0 Å². The molecule has 2 N–H and O–H groups in total. The predicted octanol–water partition coefficient (Wildman–Crippen LogP) is 4.29. The summed E-state index contributed by atoms with van der Waals surface area (Å²) in [5.74, 6) is -2.24. The number of pyridine rings is 1. The number of phenols is 1. The lowest BCUT2D eigenvalue weighted by atomic mass is 9.98. The lowest BCUT2D eigenvalue weighted by molar-refractivity contribution is 0.0337. The largest absolute Gasteiger partial charge is 0.505 e. The van der Waals surface area contributed by atoms with Gasteiger partial charge in [0, 0.05) is 23.4 Å². The number of carbonyl (C=O) groups excluding carboxylic acids is 1. The fourth-order valence-corrected chi connectivity index (χ4v) is 4.85. The third-order valence-electron chi connectivity index (χ3n) is 4.93. The number of hydrogen-bond acceptors (Lipinski definition) is 7. The molecule has 32 heavy (non-hydrogen) atoms. The number of fused-ring (bicyclic) bond motifs is 6. The highest BCUT2D eigenvalue weighted by molar-refractivity contribution is 7.92. The minimum absolute atomic E-state index is 0.0420. The van der Waals surface area contributed by atoms with Gasteiger partial charge >= 0.3 is 5.97 Å². The monoisotopic (exact) mass is 478 g/mol. The van der Waals surface area contributed by atoms with Crippen LogP contribution in [-0.4, -0.2) is 31.6 Å². The van der Waals surface area contributed by atoms with Gasteiger partial charge in [-0.2, -0.15) is 4.39 Å². The Morgan fingerprint density at radius 2 is 1.97 bits per heavy atom. The zero-order valence-electron chi connectivity index (χ0n) is 16.7. The number of phenolic OH excluding ortho intramolecular Hbond substituents is 1. The number of ether oxygens (including phenoxy) is 2. The summed E-state index contributed by atoms with van der Waals surface area (Å²) in [6.45, 7) is 1.54. The Kier molecular flexibility index (Phi) is 5.43. The number of nitrogens with zero attached hydrogens (tertiary/aromatic N) is 1. The van der Waals surface area contributed by atoms with Gasteiger partial charge in [-0.15, -0.1) is 0 Å². The average molecular weight is 479 g/mol. The van der Waals surface area contributed by atoms with Crippen LogP contribution in [-0.2, 0) is 14.8 Å². The van der Waals surface area contributed by atoms with Crippen LogP contribution in [0.5, 0.6) is 11.5 Å². The molecule has 0 amide bonds. The Morgan fingerprint density at radius 1 is 1.22 bits per heavy atom. The Hall–Kier alpha value is -3.37. The van der Waals surface area contributed by atoms with Gasteiger partial charge in [-0.3, -0.25) is 4.72 Å². The molecule has 4 bridgehead atoms. The van der Waals surface area contributed by atoms with Gasteiger partial charge in [-0.25, -0.2) is 18.2 Å². The van der Waals surface area contributed by atoms with Crippen molar-refractivity contribution in [1.82, 2.24) is 4.98 Å². The molecule has 1 atom stereocenters. The van der Waals surface area contributed by atoms with E-state index in [0.717, 1.165) is 18.2 Å². The summed E-state index contributed by atoms with van der Waals surface area (Å²) in [4.78, 5) is 15.8. The number of cyclic esters (lactones) is 1. The maximum Gasteiger partial charge on any atom is 0.338 e. The van der Waals surface area contributed by atoms with Crippen LogP contribution in [0.15, 0.2) is 47.5 Å². The van der Waals surface area contributed by atoms with Crippen molar-refractivity contribution >= 4 is 33.3 Å². The van der Waals surface area contributed by atoms with Gasteiger partial charge < -0.3 is 14.6 Å². The standard InChI is InChI=1S/C21H16ClFN2O6S/c1-10-13-8-19(23)24-9-14(13)11-3-4-17(30-2)16(6-11)25-32(28,29)18-7-12(21(27)31-10)5-15(22)20(18)26/h3-10,25-26H,1-2H3. The number of hydrogen-bond donors (Lipinski definition) is 2. The molecule has 0 spiro atoms. The maximum atomic E-state index is 13.9. The van der Waals surface area contributed by atoms with Crippen LogP contribution in [0, 0.1) is 5.95 Å². The number of methoxy groups -OCH3 is 1. The van der Waals surface area contributed by atoms with Crippen molar-refractivity contribution < 1.29 is 32.2 Å². The van der Waals surface area contributed by atoms with E-state index in [4.69, 9.17) is 21.1 Å². The minimum Gasteiger partial charge on any atom is -0.505 e. The van der Waals surface area contributed by atoms with Gasteiger partial charge in [0.1, 0.15) is 16.7 Å². The van der Waals surface area contributed by atoms with Gasteiger partial charge in [0.05, 0.1) is 23.4 Å². The second-order valence-electron chi connectivity index (χ2n) is 6.97. The van der Waals surface area contributed by atoms with Crippen LogP contribution >= 0.6 is 11.6 Å². The summed E-state index contributed by atoms with van der Waals surface area (Å²) >= 11 is 5.98. The minimum atomic E-state index is -4.41. The van der Waals surface area contributed by atoms with Crippen molar-refractivity contribution in [3.05, 3.63) is 64.7 Å². The molecule has 0 fully saturated rings. The number of anilines is 1. The molecular formula is C21H16ClFN2O6S. The van der Waals surface area contributed by atoms with E-state index in [2.05, 4.69) is 9.71 Å². The van der Waals surface area contributed by atoms with Crippen molar-refractivity contribution in [3.8, 4) is 22.6 Å². The molecule has 0 aliphatic carbocycles. The SMILES string of the molecule is COc1ccc2cc1NS(=O)(=O)c1cc(cc(Cl)c1O)C(=O)OC(C)c1cc(F)ncc1-2. The highest BCUT2D eigenvalue weighted by atomic mass is 35.5. The number of aromatic nitrogens is 1. The van der Waals surface area contributed by atoms with E-state index in [1.165, 1.54) is 32.4 Å². The van der Waals surface area contributed by atoms with Crippen molar-refractivity contribution in [2.24, 2.45) is 0 Å². The maximum absolute atomic E-state index is 13.9. The highest BCUT2D eigenvalue weighted by Gasteiger charge is 2.28. The molecule has 2 aromatic carbocycles. The van der Waals surface area contributed by atoms with E-state index in [0.29, 0.717) is 16.7 Å². The van der Waals surface area contributed by atoms with E-state index < -0.39 is 38.7 Å². The van der Waals surface area contributed by atoms with Crippen LogP contribution in [0.25, 0.3) is 11.1 Å². The third-order valence-corrected chi connectivity index (χ3v) is 6.60. The number of halogens is 2. The van der Waals surface area contributed by atoms with Gasteiger partial charge in [0.25, 0.3) is 10.0 Å². The summed E-state index contributed by atoms with van der Waals surface area (Å²) in [7, 11) is -3.06. The van der Waals surface area contributed by atoms with E-state index >= 15 is 0 Å². The Balaban J connectivity index is 2.04. The summed E-state index contributed by atoms with van der Waals surface area (Å²) < 4.78 is 53.1. The number of nitrogens with one attached hydrogen (secondary N) is 1. The molecule has 2 heterocycles. The van der Waals surface area contributed by atoms with Crippen LogP contribution in [0.2, 0.25) is 5.02 Å². The second-order valence-corrected chi connectivity index (χ2v) is 9.03. The Labute approximate surface area is 187 Å². The zero-order valence-corrected chi connectivity index (χ0v) is 18.3. The highest BCUT2D eigenvalue weighted by Crippen LogP contribution is 2.39. The molecule has 1 aliphatic heterocycles. The summed E-state index contributed by atoms with van der Waals surface area (Å²) in [5, 5.41) is 9.92. The summed E-state index contributed by atoms with van der Waals surface area (Å²) in [6.07, 6.45) is 0.333. The van der Waals surface area contributed by atoms with E-state index in [-0.39, 0.29) is 22.0 Å².